The third kappa shape index (κ3) is 3.63. The molecule has 0 fully saturated rings. The molecule has 0 unspecified atom stereocenters. The summed E-state index contributed by atoms with van der Waals surface area (Å²) in [5.41, 5.74) is -0.532. The van der Waals surface area contributed by atoms with E-state index in [0.29, 0.717) is 0 Å². The molecule has 0 aromatic heterocycles. The highest BCUT2D eigenvalue weighted by Crippen LogP contribution is 2.31. The fourth-order valence-electron chi connectivity index (χ4n) is 1.20. The van der Waals surface area contributed by atoms with Crippen LogP contribution >= 0.6 is 23.2 Å². The topological polar surface area (TPSA) is 83.5 Å². The minimum atomic E-state index is -3.73. The van der Waals surface area contributed by atoms with E-state index >= 15 is 0 Å². The first-order valence-electron chi connectivity index (χ1n) is 4.60. The number of carboxylic acid groups (broad SMARTS) is 1. The van der Waals surface area contributed by atoms with Crippen LogP contribution in [0, 0.1) is 0 Å². The van der Waals surface area contributed by atoms with Gasteiger partial charge < -0.3 is 5.11 Å². The summed E-state index contributed by atoms with van der Waals surface area (Å²) < 4.78 is 25.2. The summed E-state index contributed by atoms with van der Waals surface area (Å²) >= 11 is 11.4. The average Bonchev–Trinajstić information content (AvgIpc) is 2.21. The van der Waals surface area contributed by atoms with Crippen molar-refractivity contribution in [2.45, 2.75) is 0 Å². The number of carbonyl (C=O) groups is 1. The molecule has 1 aromatic rings. The standard InChI is InChI=1S/C10H9Cl2NO4S/c1-2-3-18(16,17)13-9-7(10(14)15)4-6(11)5-8(9)12/h2,4-5,13H,1,3H2,(H,14,15). The van der Waals surface area contributed by atoms with Crippen LogP contribution in [-0.4, -0.2) is 25.2 Å². The molecular weight excluding hydrogens is 301 g/mol. The lowest BCUT2D eigenvalue weighted by atomic mass is 10.2. The van der Waals surface area contributed by atoms with Gasteiger partial charge in [0, 0.05) is 5.02 Å². The Balaban J connectivity index is 3.32. The summed E-state index contributed by atoms with van der Waals surface area (Å²) in [5, 5.41) is 8.98. The van der Waals surface area contributed by atoms with Gasteiger partial charge in [-0.2, -0.15) is 0 Å². The van der Waals surface area contributed by atoms with Crippen molar-refractivity contribution < 1.29 is 18.3 Å². The van der Waals surface area contributed by atoms with Crippen LogP contribution in [0.2, 0.25) is 10.0 Å². The number of aromatic carboxylic acids is 1. The zero-order valence-corrected chi connectivity index (χ0v) is 11.3. The SMILES string of the molecule is C=CCS(=O)(=O)Nc1c(Cl)cc(Cl)cc1C(=O)O. The maximum atomic E-state index is 11.5. The summed E-state index contributed by atoms with van der Waals surface area (Å²) in [5.74, 6) is -1.69. The molecule has 2 N–H and O–H groups in total. The Bertz CT molecular complexity index is 598. The van der Waals surface area contributed by atoms with Gasteiger partial charge in [-0.15, -0.1) is 6.58 Å². The summed E-state index contributed by atoms with van der Waals surface area (Å²) in [6.07, 6.45) is 1.17. The third-order valence-corrected chi connectivity index (χ3v) is 3.59. The molecule has 0 heterocycles. The van der Waals surface area contributed by atoms with Crippen molar-refractivity contribution in [2.75, 3.05) is 10.5 Å². The molecule has 1 aromatic carbocycles. The van der Waals surface area contributed by atoms with Gasteiger partial charge >= 0.3 is 5.97 Å². The highest BCUT2D eigenvalue weighted by atomic mass is 35.5. The monoisotopic (exact) mass is 309 g/mol. The molecule has 18 heavy (non-hydrogen) atoms. The van der Waals surface area contributed by atoms with Crippen LogP contribution in [0.15, 0.2) is 24.8 Å². The molecule has 0 saturated carbocycles. The molecule has 0 aliphatic rings. The van der Waals surface area contributed by atoms with Crippen molar-refractivity contribution in [3.63, 3.8) is 0 Å². The molecular formula is C10H9Cl2NO4S. The summed E-state index contributed by atoms with van der Waals surface area (Å²) in [7, 11) is -3.73. The molecule has 0 aliphatic heterocycles. The number of hydrogen-bond acceptors (Lipinski definition) is 3. The van der Waals surface area contributed by atoms with E-state index < -0.39 is 16.0 Å². The average molecular weight is 310 g/mol. The summed E-state index contributed by atoms with van der Waals surface area (Å²) in [4.78, 5) is 11.0. The largest absolute Gasteiger partial charge is 0.478 e. The number of hydrogen-bond donors (Lipinski definition) is 2. The van der Waals surface area contributed by atoms with Crippen LogP contribution < -0.4 is 4.72 Å². The number of rotatable bonds is 5. The third-order valence-electron chi connectivity index (χ3n) is 1.88. The highest BCUT2D eigenvalue weighted by Gasteiger charge is 2.19. The predicted octanol–water partition coefficient (Wildman–Crippen LogP) is 2.62. The van der Waals surface area contributed by atoms with Gasteiger partial charge in [0.1, 0.15) is 0 Å². The fraction of sp³-hybridized carbons (Fsp3) is 0.100. The second-order valence-corrected chi connectivity index (χ2v) is 5.90. The number of benzene rings is 1. The van der Waals surface area contributed by atoms with Gasteiger partial charge in [0.25, 0.3) is 0 Å². The minimum absolute atomic E-state index is 0.0902. The summed E-state index contributed by atoms with van der Waals surface area (Å²) in [6, 6.07) is 2.36. The fourth-order valence-corrected chi connectivity index (χ4v) is 2.72. The van der Waals surface area contributed by atoms with Crippen LogP contribution in [-0.2, 0) is 10.0 Å². The van der Waals surface area contributed by atoms with E-state index in [2.05, 4.69) is 11.3 Å². The predicted molar refractivity (Wildman–Crippen MR) is 71.0 cm³/mol. The molecule has 0 aliphatic carbocycles. The normalized spacial score (nSPS) is 11.0. The number of nitrogens with one attached hydrogen (secondary N) is 1. The molecule has 1 rings (SSSR count). The number of sulfonamides is 1. The molecule has 0 spiro atoms. The molecule has 98 valence electrons. The first kappa shape index (κ1) is 14.8. The maximum Gasteiger partial charge on any atom is 0.337 e. The first-order chi connectivity index (χ1) is 8.26. The Labute approximate surface area is 114 Å². The molecule has 0 atom stereocenters. The summed E-state index contributed by atoms with van der Waals surface area (Å²) in [6.45, 7) is 3.29. The van der Waals surface area contributed by atoms with Crippen molar-refractivity contribution in [2.24, 2.45) is 0 Å². The van der Waals surface area contributed by atoms with E-state index in [1.807, 2.05) is 0 Å². The quantitative estimate of drug-likeness (QED) is 0.819. The number of halogens is 2. The zero-order chi connectivity index (χ0) is 13.9. The van der Waals surface area contributed by atoms with Crippen LogP contribution in [0.3, 0.4) is 0 Å². The van der Waals surface area contributed by atoms with Crippen molar-refractivity contribution in [1.29, 1.82) is 0 Å². The van der Waals surface area contributed by atoms with Gasteiger partial charge in [-0.25, -0.2) is 13.2 Å². The maximum absolute atomic E-state index is 11.5. The number of anilines is 1. The van der Waals surface area contributed by atoms with E-state index in [0.717, 1.165) is 6.07 Å². The highest BCUT2D eigenvalue weighted by molar-refractivity contribution is 7.92. The number of carboxylic acids is 1. The first-order valence-corrected chi connectivity index (χ1v) is 7.01. The molecule has 0 amide bonds. The van der Waals surface area contributed by atoms with Gasteiger partial charge in [-0.3, -0.25) is 4.72 Å². The molecule has 8 heteroatoms. The van der Waals surface area contributed by atoms with E-state index in [1.54, 1.807) is 0 Å². The second-order valence-electron chi connectivity index (χ2n) is 3.29. The Hall–Kier alpha value is -1.24. The molecule has 0 radical (unpaired) electrons. The zero-order valence-electron chi connectivity index (χ0n) is 8.98. The Morgan fingerprint density at radius 2 is 2.06 bits per heavy atom. The Kier molecular flexibility index (Phi) is 4.61. The Morgan fingerprint density at radius 3 is 2.56 bits per heavy atom. The van der Waals surface area contributed by atoms with Crippen LogP contribution in [0.5, 0.6) is 0 Å². The minimum Gasteiger partial charge on any atom is -0.478 e. The molecule has 0 saturated heterocycles. The van der Waals surface area contributed by atoms with Gasteiger partial charge in [-0.05, 0) is 12.1 Å². The smallest absolute Gasteiger partial charge is 0.337 e. The van der Waals surface area contributed by atoms with E-state index in [-0.39, 0.29) is 27.0 Å². The van der Waals surface area contributed by atoms with Crippen molar-refractivity contribution in [3.05, 3.63) is 40.4 Å². The van der Waals surface area contributed by atoms with Crippen LogP contribution in [0.4, 0.5) is 5.69 Å². The van der Waals surface area contributed by atoms with E-state index in [1.165, 1.54) is 12.1 Å². The van der Waals surface area contributed by atoms with Gasteiger partial charge in [0.05, 0.1) is 22.0 Å². The van der Waals surface area contributed by atoms with Gasteiger partial charge in [0.15, 0.2) is 0 Å². The Morgan fingerprint density at radius 1 is 1.44 bits per heavy atom. The molecule has 5 nitrogen and oxygen atoms in total. The lowest BCUT2D eigenvalue weighted by Crippen LogP contribution is -2.17. The molecule has 0 bridgehead atoms. The van der Waals surface area contributed by atoms with Gasteiger partial charge in [0.2, 0.25) is 10.0 Å². The van der Waals surface area contributed by atoms with E-state index in [9.17, 15) is 13.2 Å². The second kappa shape index (κ2) is 5.60. The van der Waals surface area contributed by atoms with Crippen molar-refractivity contribution in [3.8, 4) is 0 Å². The lowest BCUT2D eigenvalue weighted by molar-refractivity contribution is 0.0698. The van der Waals surface area contributed by atoms with E-state index in [4.69, 9.17) is 28.3 Å². The van der Waals surface area contributed by atoms with Crippen molar-refractivity contribution in [1.82, 2.24) is 0 Å². The lowest BCUT2D eigenvalue weighted by Gasteiger charge is -2.11. The van der Waals surface area contributed by atoms with Crippen LogP contribution in [0.1, 0.15) is 10.4 Å². The van der Waals surface area contributed by atoms with Crippen molar-refractivity contribution >= 4 is 44.9 Å². The van der Waals surface area contributed by atoms with Crippen LogP contribution in [0.25, 0.3) is 0 Å². The van der Waals surface area contributed by atoms with Gasteiger partial charge in [-0.1, -0.05) is 29.3 Å².